The molecule has 0 aliphatic carbocycles. The Labute approximate surface area is 156 Å². The van der Waals surface area contributed by atoms with E-state index in [1.165, 1.54) is 5.56 Å². The van der Waals surface area contributed by atoms with Crippen molar-refractivity contribution in [2.45, 2.75) is 32.5 Å². The van der Waals surface area contributed by atoms with Crippen LogP contribution in [0.25, 0.3) is 0 Å². The Bertz CT molecular complexity index is 469. The van der Waals surface area contributed by atoms with E-state index in [4.69, 9.17) is 4.74 Å². The summed E-state index contributed by atoms with van der Waals surface area (Å²) in [5.41, 5.74) is 1.25. The van der Waals surface area contributed by atoms with Crippen molar-refractivity contribution in [3.63, 3.8) is 0 Å². The van der Waals surface area contributed by atoms with E-state index in [1.807, 2.05) is 13.1 Å². The summed E-state index contributed by atoms with van der Waals surface area (Å²) < 4.78 is 5.50. The van der Waals surface area contributed by atoms with Gasteiger partial charge in [-0.15, -0.1) is 24.0 Å². The fraction of sp³-hybridized carbons (Fsp3) is 0.588. The summed E-state index contributed by atoms with van der Waals surface area (Å²) in [5, 5.41) is 6.76. The topological polar surface area (TPSA) is 48.9 Å². The van der Waals surface area contributed by atoms with Crippen LogP contribution in [0.4, 0.5) is 0 Å². The Kier molecular flexibility index (Phi) is 9.50. The first-order valence-electron chi connectivity index (χ1n) is 8.02. The highest BCUT2D eigenvalue weighted by Gasteiger charge is 2.23. The van der Waals surface area contributed by atoms with Crippen LogP contribution >= 0.6 is 24.0 Å². The summed E-state index contributed by atoms with van der Waals surface area (Å²) in [5.74, 6) is 0.844. The summed E-state index contributed by atoms with van der Waals surface area (Å²) in [6, 6.07) is 11.3. The molecular formula is C17H29IN4O. The average Bonchev–Trinajstić information content (AvgIpc) is 2.56. The molecule has 6 heteroatoms. The second-order valence-corrected chi connectivity index (χ2v) is 5.80. The molecule has 2 atom stereocenters. The van der Waals surface area contributed by atoms with Crippen LogP contribution in [0, 0.1) is 0 Å². The summed E-state index contributed by atoms with van der Waals surface area (Å²) in [6.45, 7) is 8.78. The number of morpholine rings is 1. The summed E-state index contributed by atoms with van der Waals surface area (Å²) in [4.78, 5) is 6.78. The van der Waals surface area contributed by atoms with Crippen molar-refractivity contribution in [1.82, 2.24) is 15.5 Å². The Balaban J connectivity index is 0.00000264. The number of hydrogen-bond donors (Lipinski definition) is 2. The van der Waals surface area contributed by atoms with E-state index < -0.39 is 0 Å². The first-order chi connectivity index (χ1) is 10.7. The van der Waals surface area contributed by atoms with Crippen LogP contribution in [0.2, 0.25) is 0 Å². The molecule has 2 rings (SSSR count). The van der Waals surface area contributed by atoms with Crippen LogP contribution in [0.1, 0.15) is 19.4 Å². The van der Waals surface area contributed by atoms with E-state index >= 15 is 0 Å². The molecule has 1 heterocycles. The maximum atomic E-state index is 5.50. The minimum atomic E-state index is 0. The van der Waals surface area contributed by atoms with E-state index in [0.29, 0.717) is 12.1 Å². The van der Waals surface area contributed by atoms with E-state index in [-0.39, 0.29) is 24.0 Å². The van der Waals surface area contributed by atoms with Gasteiger partial charge in [0.1, 0.15) is 0 Å². The largest absolute Gasteiger partial charge is 0.379 e. The molecule has 0 radical (unpaired) electrons. The zero-order valence-electron chi connectivity index (χ0n) is 14.3. The van der Waals surface area contributed by atoms with E-state index in [0.717, 1.165) is 38.8 Å². The van der Waals surface area contributed by atoms with Crippen LogP contribution in [-0.4, -0.2) is 56.3 Å². The molecule has 2 unspecified atom stereocenters. The van der Waals surface area contributed by atoms with Crippen LogP contribution in [0.3, 0.4) is 0 Å². The first-order valence-corrected chi connectivity index (χ1v) is 8.02. The number of benzene rings is 1. The molecule has 2 N–H and O–H groups in total. The van der Waals surface area contributed by atoms with Crippen molar-refractivity contribution in [3.05, 3.63) is 35.9 Å². The van der Waals surface area contributed by atoms with Gasteiger partial charge in [-0.25, -0.2) is 0 Å². The van der Waals surface area contributed by atoms with Gasteiger partial charge in [-0.1, -0.05) is 30.3 Å². The summed E-state index contributed by atoms with van der Waals surface area (Å²) >= 11 is 0. The van der Waals surface area contributed by atoms with Gasteiger partial charge in [0.25, 0.3) is 0 Å². The highest BCUT2D eigenvalue weighted by atomic mass is 127. The van der Waals surface area contributed by atoms with Crippen molar-refractivity contribution >= 4 is 29.9 Å². The zero-order valence-corrected chi connectivity index (χ0v) is 16.6. The van der Waals surface area contributed by atoms with E-state index in [2.05, 4.69) is 58.6 Å². The lowest BCUT2D eigenvalue weighted by Crippen LogP contribution is -2.52. The highest BCUT2D eigenvalue weighted by Crippen LogP contribution is 2.10. The van der Waals surface area contributed by atoms with E-state index in [9.17, 15) is 0 Å². The molecule has 0 saturated carbocycles. The number of ether oxygens (including phenoxy) is 1. The molecule has 5 nitrogen and oxygen atoms in total. The fourth-order valence-electron chi connectivity index (χ4n) is 2.76. The molecule has 23 heavy (non-hydrogen) atoms. The molecule has 1 saturated heterocycles. The first kappa shape index (κ1) is 20.2. The van der Waals surface area contributed by atoms with Gasteiger partial charge < -0.3 is 15.4 Å². The molecule has 0 aromatic heterocycles. The van der Waals surface area contributed by atoms with Crippen molar-refractivity contribution < 1.29 is 4.74 Å². The lowest BCUT2D eigenvalue weighted by Gasteiger charge is -2.38. The van der Waals surface area contributed by atoms with Gasteiger partial charge in [-0.3, -0.25) is 9.89 Å². The third-order valence-corrected chi connectivity index (χ3v) is 4.08. The van der Waals surface area contributed by atoms with Gasteiger partial charge >= 0.3 is 0 Å². The molecule has 0 spiro atoms. The number of nitrogens with one attached hydrogen (secondary N) is 2. The molecular weight excluding hydrogens is 403 g/mol. The van der Waals surface area contributed by atoms with Gasteiger partial charge in [-0.05, 0) is 19.4 Å². The minimum absolute atomic E-state index is 0. The maximum absolute atomic E-state index is 5.50. The van der Waals surface area contributed by atoms with Crippen molar-refractivity contribution in [1.29, 1.82) is 0 Å². The van der Waals surface area contributed by atoms with Crippen LogP contribution in [0.15, 0.2) is 35.3 Å². The molecule has 0 amide bonds. The number of aliphatic imine (C=N–C) groups is 1. The average molecular weight is 432 g/mol. The van der Waals surface area contributed by atoms with Crippen molar-refractivity contribution in [2.75, 3.05) is 33.4 Å². The zero-order chi connectivity index (χ0) is 15.8. The monoisotopic (exact) mass is 432 g/mol. The predicted octanol–water partition coefficient (Wildman–Crippen LogP) is 2.08. The third-order valence-electron chi connectivity index (χ3n) is 4.08. The SMILES string of the molecule is CN=C(NCc1ccccc1)NCC(C)N1CCOCC1C.I. The van der Waals surface area contributed by atoms with Crippen molar-refractivity contribution in [3.8, 4) is 0 Å². The molecule has 1 aliphatic heterocycles. The van der Waals surface area contributed by atoms with Crippen LogP contribution < -0.4 is 10.6 Å². The second-order valence-electron chi connectivity index (χ2n) is 5.80. The minimum Gasteiger partial charge on any atom is -0.379 e. The fourth-order valence-corrected chi connectivity index (χ4v) is 2.76. The normalized spacial score (nSPS) is 20.5. The number of guanidine groups is 1. The maximum Gasteiger partial charge on any atom is 0.191 e. The Morgan fingerprint density at radius 2 is 2.09 bits per heavy atom. The van der Waals surface area contributed by atoms with E-state index in [1.54, 1.807) is 0 Å². The van der Waals surface area contributed by atoms with Crippen molar-refractivity contribution in [2.24, 2.45) is 4.99 Å². The molecule has 1 aromatic rings. The Morgan fingerprint density at radius 3 is 2.74 bits per heavy atom. The number of hydrogen-bond acceptors (Lipinski definition) is 3. The van der Waals surface area contributed by atoms with Gasteiger partial charge in [0, 0.05) is 38.8 Å². The highest BCUT2D eigenvalue weighted by molar-refractivity contribution is 14.0. The van der Waals surface area contributed by atoms with Gasteiger partial charge in [0.2, 0.25) is 0 Å². The number of rotatable bonds is 5. The molecule has 1 aliphatic rings. The van der Waals surface area contributed by atoms with Gasteiger partial charge in [-0.2, -0.15) is 0 Å². The molecule has 1 aromatic carbocycles. The quantitative estimate of drug-likeness (QED) is 0.425. The smallest absolute Gasteiger partial charge is 0.191 e. The third kappa shape index (κ3) is 6.64. The van der Waals surface area contributed by atoms with Crippen LogP contribution in [-0.2, 0) is 11.3 Å². The summed E-state index contributed by atoms with van der Waals surface area (Å²) in [7, 11) is 1.81. The van der Waals surface area contributed by atoms with Gasteiger partial charge in [0.15, 0.2) is 5.96 Å². The Morgan fingerprint density at radius 1 is 1.35 bits per heavy atom. The standard InChI is InChI=1S/C17H28N4O.HI/c1-14(21-9-10-22-13-15(21)2)11-19-17(18-3)20-12-16-7-5-4-6-8-16;/h4-8,14-15H,9-13H2,1-3H3,(H2,18,19,20);1H. The van der Waals surface area contributed by atoms with Crippen LogP contribution in [0.5, 0.6) is 0 Å². The molecule has 130 valence electrons. The number of nitrogens with zero attached hydrogens (tertiary/aromatic N) is 2. The summed E-state index contributed by atoms with van der Waals surface area (Å²) in [6.07, 6.45) is 0. The molecule has 1 fully saturated rings. The lowest BCUT2D eigenvalue weighted by molar-refractivity contribution is -0.0174. The number of halogens is 1. The predicted molar refractivity (Wildman–Crippen MR) is 107 cm³/mol. The second kappa shape index (κ2) is 10.8. The van der Waals surface area contributed by atoms with Gasteiger partial charge in [0.05, 0.1) is 13.2 Å². The lowest BCUT2D eigenvalue weighted by atomic mass is 10.2. The molecule has 0 bridgehead atoms. The Hall–Kier alpha value is -0.860.